The lowest BCUT2D eigenvalue weighted by atomic mass is 10.0. The van der Waals surface area contributed by atoms with Crippen molar-refractivity contribution < 1.29 is 64.5 Å². The molecule has 4 bridgehead atoms. The Morgan fingerprint density at radius 1 is 0.597 bits per heavy atom. The minimum atomic E-state index is -1.22. The number of rotatable bonds is 6. The van der Waals surface area contributed by atoms with Gasteiger partial charge in [0.05, 0.1) is 12.1 Å². The van der Waals surface area contributed by atoms with Crippen LogP contribution in [0.25, 0.3) is 0 Å². The van der Waals surface area contributed by atoms with Crippen molar-refractivity contribution >= 4 is 23.6 Å². The van der Waals surface area contributed by atoms with Gasteiger partial charge in [-0.3, -0.25) is 28.8 Å². The molecule has 0 saturated carbocycles. The molecule has 4 aliphatic rings. The van der Waals surface area contributed by atoms with Crippen molar-refractivity contribution in [3.05, 3.63) is 126 Å². The summed E-state index contributed by atoms with van der Waals surface area (Å²) in [7, 11) is 0. The number of pyridine rings is 2. The normalized spacial score (nSPS) is 20.3. The van der Waals surface area contributed by atoms with E-state index in [2.05, 4.69) is 10.6 Å². The molecular weight excluding hydrogens is 844 g/mol. The topological polar surface area (TPSA) is 183 Å². The van der Waals surface area contributed by atoms with E-state index in [0.717, 1.165) is 12.4 Å². The number of fused-ring (bicyclic) bond motifs is 8. The smallest absolute Gasteiger partial charge is 0.274 e. The molecule has 4 atom stereocenters. The maximum Gasteiger partial charge on any atom is 0.274 e. The van der Waals surface area contributed by atoms with E-state index in [1.807, 2.05) is 0 Å². The number of carbonyl (C=O) groups is 4. The summed E-state index contributed by atoms with van der Waals surface area (Å²) in [5, 5.41) is 25.0. The van der Waals surface area contributed by atoms with E-state index in [-0.39, 0.29) is 63.3 Å². The summed E-state index contributed by atoms with van der Waals surface area (Å²) in [6.07, 6.45) is -0.0648. The van der Waals surface area contributed by atoms with Crippen molar-refractivity contribution in [2.24, 2.45) is 0 Å². The minimum Gasteiger partial charge on any atom is -0.503 e. The number of aromatic hydroxyl groups is 2. The zero-order valence-electron chi connectivity index (χ0n) is 32.0. The van der Waals surface area contributed by atoms with Crippen molar-refractivity contribution in [2.45, 2.75) is 63.2 Å². The van der Waals surface area contributed by atoms with E-state index in [9.17, 15) is 74.1 Å². The molecule has 0 aliphatic carbocycles. The van der Waals surface area contributed by atoms with Crippen molar-refractivity contribution in [1.82, 2.24) is 29.6 Å². The predicted molar refractivity (Wildman–Crippen MR) is 198 cm³/mol. The number of hydrogen-bond donors (Lipinski definition) is 4. The maximum absolute atomic E-state index is 14.1. The van der Waals surface area contributed by atoms with Crippen LogP contribution in [0, 0.1) is 34.9 Å². The molecule has 2 aromatic heterocycles. The Morgan fingerprint density at radius 2 is 0.935 bits per heavy atom. The van der Waals surface area contributed by atoms with E-state index < -0.39 is 141 Å². The van der Waals surface area contributed by atoms with Gasteiger partial charge in [-0.2, -0.15) is 0 Å². The van der Waals surface area contributed by atoms with Gasteiger partial charge in [-0.25, -0.2) is 35.1 Å². The average Bonchev–Trinajstić information content (AvgIpc) is 3.49. The Balaban J connectivity index is 0.000000186. The van der Waals surface area contributed by atoms with Gasteiger partial charge in [0.1, 0.15) is 58.4 Å². The summed E-state index contributed by atoms with van der Waals surface area (Å²) >= 11 is 0. The molecule has 6 heterocycles. The van der Waals surface area contributed by atoms with Gasteiger partial charge in [0.25, 0.3) is 23.6 Å². The molecule has 62 heavy (non-hydrogen) atoms. The molecule has 4 aromatic rings. The first kappa shape index (κ1) is 43.4. The van der Waals surface area contributed by atoms with E-state index in [0.29, 0.717) is 24.3 Å². The summed E-state index contributed by atoms with van der Waals surface area (Å²) in [6, 6.07) is 0.578. The number of carbonyl (C=O) groups excluding carboxylic acids is 4. The second kappa shape index (κ2) is 17.0. The quantitative estimate of drug-likeness (QED) is 0.209. The van der Waals surface area contributed by atoms with Crippen LogP contribution in [0.4, 0.5) is 35.1 Å². The van der Waals surface area contributed by atoms with E-state index in [1.54, 1.807) is 0 Å². The molecule has 4 N–H and O–H groups in total. The first-order chi connectivity index (χ1) is 29.3. The number of hydrogen-bond acceptors (Lipinski definition) is 8. The minimum absolute atomic E-state index is 0.0200. The van der Waals surface area contributed by atoms with Crippen LogP contribution in [-0.2, 0) is 13.1 Å². The fraction of sp³-hybridized carbons (Fsp3) is 0.350. The molecule has 2 saturated heterocycles. The highest BCUT2D eigenvalue weighted by molar-refractivity contribution is 6.00. The summed E-state index contributed by atoms with van der Waals surface area (Å²) in [5.74, 6) is -12.5. The first-order valence-electron chi connectivity index (χ1n) is 19.0. The Bertz CT molecular complexity index is 2430. The van der Waals surface area contributed by atoms with Crippen LogP contribution in [0.15, 0.2) is 46.2 Å². The lowest BCUT2D eigenvalue weighted by Crippen LogP contribution is -2.44. The zero-order valence-corrected chi connectivity index (χ0v) is 32.0. The highest BCUT2D eigenvalue weighted by atomic mass is 19.2. The summed E-state index contributed by atoms with van der Waals surface area (Å²) in [6.45, 7) is -0.797. The third-order valence-electron chi connectivity index (χ3n) is 11.1. The molecule has 8 rings (SSSR count). The molecule has 4 aliphatic heterocycles. The molecule has 2 aromatic carbocycles. The third-order valence-corrected chi connectivity index (χ3v) is 11.1. The van der Waals surface area contributed by atoms with Gasteiger partial charge in [-0.1, -0.05) is 0 Å². The van der Waals surface area contributed by atoms with Crippen molar-refractivity contribution in [2.75, 3.05) is 26.2 Å². The standard InChI is InChI=1S/2C20H17F4N3O4/c2*21-9-1-2-26-7-11(3-9)27-8-13(17(28)18(29)16(27)20(26)31)19(30)25-6-12-14(23)4-10(22)5-15(12)24/h2*4-5,8-9,11,29H,1-3,6-7H2,(H,25,30)/t2*9?,11-/m00/s1. The Kier molecular flexibility index (Phi) is 11.9. The van der Waals surface area contributed by atoms with Gasteiger partial charge in [-0.05, 0) is 12.8 Å². The summed E-state index contributed by atoms with van der Waals surface area (Å²) < 4.78 is 112. The third kappa shape index (κ3) is 8.19. The van der Waals surface area contributed by atoms with Crippen molar-refractivity contribution in [1.29, 1.82) is 0 Å². The lowest BCUT2D eigenvalue weighted by molar-refractivity contribution is 0.0670. The van der Waals surface area contributed by atoms with E-state index in [1.165, 1.54) is 18.9 Å². The SMILES string of the molecule is O=C(NCc1c(F)cc(F)cc1F)c1cn2c(c(O)c1=O)C(=O)N1CCC(F)C[C@H]2C1.O=C(NCc1c(F)cc(F)cc1F)c1cn2c(c(O)c1=O)C(=O)N1CCC(F)C[C@H]2C1. The summed E-state index contributed by atoms with van der Waals surface area (Å²) in [5.41, 5.74) is -5.35. The predicted octanol–water partition coefficient (Wildman–Crippen LogP) is 4.06. The number of nitrogens with zero attached hydrogens (tertiary/aromatic N) is 4. The van der Waals surface area contributed by atoms with Gasteiger partial charge >= 0.3 is 0 Å². The lowest BCUT2D eigenvalue weighted by Gasteiger charge is -2.34. The molecule has 2 unspecified atom stereocenters. The average molecular weight is 879 g/mol. The highest BCUT2D eigenvalue weighted by Crippen LogP contribution is 2.34. The first-order valence-corrected chi connectivity index (χ1v) is 19.0. The second-order valence-electron chi connectivity index (χ2n) is 15.1. The molecule has 4 amide bonds. The molecule has 0 radical (unpaired) electrons. The van der Waals surface area contributed by atoms with Crippen LogP contribution in [0.2, 0.25) is 0 Å². The number of amides is 4. The van der Waals surface area contributed by atoms with Crippen LogP contribution >= 0.6 is 0 Å². The fourth-order valence-electron chi connectivity index (χ4n) is 7.90. The zero-order chi connectivity index (χ0) is 44.9. The van der Waals surface area contributed by atoms with Crippen LogP contribution < -0.4 is 21.5 Å². The number of halogens is 8. The van der Waals surface area contributed by atoms with Crippen molar-refractivity contribution in [3.8, 4) is 11.5 Å². The van der Waals surface area contributed by atoms with Crippen LogP contribution in [0.3, 0.4) is 0 Å². The van der Waals surface area contributed by atoms with Crippen molar-refractivity contribution in [3.63, 3.8) is 0 Å². The monoisotopic (exact) mass is 878 g/mol. The van der Waals surface area contributed by atoms with Crippen LogP contribution in [0.1, 0.15) is 90.6 Å². The van der Waals surface area contributed by atoms with Gasteiger partial charge in [0.15, 0.2) is 22.9 Å². The Hall–Kier alpha value is -6.74. The maximum atomic E-state index is 14.1. The van der Waals surface area contributed by atoms with Crippen LogP contribution in [0.5, 0.6) is 11.5 Å². The second-order valence-corrected chi connectivity index (χ2v) is 15.1. The number of nitrogens with one attached hydrogen (secondary N) is 2. The van der Waals surface area contributed by atoms with Crippen LogP contribution in [-0.4, -0.2) is 91.3 Å². The summed E-state index contributed by atoms with van der Waals surface area (Å²) in [4.78, 5) is 78.0. The van der Waals surface area contributed by atoms with Gasteiger partial charge < -0.3 is 39.8 Å². The molecule has 328 valence electrons. The number of benzene rings is 2. The Labute approximate surface area is 344 Å². The molecule has 2 fully saturated rings. The number of alkyl halides is 2. The molecule has 22 heteroatoms. The van der Waals surface area contributed by atoms with E-state index >= 15 is 0 Å². The largest absolute Gasteiger partial charge is 0.503 e. The van der Waals surface area contributed by atoms with E-state index in [4.69, 9.17) is 0 Å². The highest BCUT2D eigenvalue weighted by Gasteiger charge is 2.40. The molecule has 0 spiro atoms. The Morgan fingerprint density at radius 3 is 1.27 bits per heavy atom. The molecule has 14 nitrogen and oxygen atoms in total. The van der Waals surface area contributed by atoms with Gasteiger partial charge in [0, 0.05) is 99.9 Å². The molecular formula is C40H34F8N6O8. The number of aromatic nitrogens is 2. The van der Waals surface area contributed by atoms with Gasteiger partial charge in [0.2, 0.25) is 10.9 Å². The van der Waals surface area contributed by atoms with Gasteiger partial charge in [-0.15, -0.1) is 0 Å². The fourth-order valence-corrected chi connectivity index (χ4v) is 7.90.